The van der Waals surface area contributed by atoms with Crippen molar-refractivity contribution in [2.24, 2.45) is 0 Å². The van der Waals surface area contributed by atoms with Crippen LogP contribution >= 0.6 is 50.1 Å². The Bertz CT molecular complexity index is 16.0. The quantitative estimate of drug-likeness (QED) is 0.473. The van der Waals surface area contributed by atoms with Crippen molar-refractivity contribution in [1.82, 2.24) is 0 Å². The molecule has 0 saturated carbocycles. The van der Waals surface area contributed by atoms with Crippen molar-refractivity contribution in [2.75, 3.05) is 24.3 Å². The molecule has 0 spiro atoms. The largest absolute Gasteiger partial charge is 0.255 e. The summed E-state index contributed by atoms with van der Waals surface area (Å²) >= 11 is 9.73. The first kappa shape index (κ1) is 22.7. The average molecular weight is 321 g/mol. The third kappa shape index (κ3) is 150. The lowest BCUT2D eigenvalue weighted by Gasteiger charge is -1.10. The van der Waals surface area contributed by atoms with E-state index in [1.165, 1.54) is 6.38 Å². The van der Waals surface area contributed by atoms with Gasteiger partial charge in [0.1, 0.15) is 0 Å². The molecule has 56 valence electrons. The SMILES string of the molecule is CBr.CCl.CF.CI. The molecular weight excluding hydrogens is 309 g/mol. The van der Waals surface area contributed by atoms with Gasteiger partial charge in [-0.25, -0.2) is 0 Å². The van der Waals surface area contributed by atoms with Gasteiger partial charge in [0.15, 0.2) is 0 Å². The molecule has 0 saturated heterocycles. The van der Waals surface area contributed by atoms with Gasteiger partial charge in [0.2, 0.25) is 0 Å². The lowest BCUT2D eigenvalue weighted by atomic mass is 11.9. The Balaban J connectivity index is -0.0000000133. The minimum Gasteiger partial charge on any atom is -0.255 e. The van der Waals surface area contributed by atoms with Gasteiger partial charge in [-0.15, -0.1) is 11.6 Å². The lowest BCUT2D eigenvalue weighted by Crippen LogP contribution is -0.939. The van der Waals surface area contributed by atoms with Gasteiger partial charge in [-0.3, -0.25) is 4.39 Å². The molecule has 0 aliphatic rings. The van der Waals surface area contributed by atoms with E-state index in [1.807, 2.05) is 10.8 Å². The maximum atomic E-state index is 9.50. The second-order valence-corrected chi connectivity index (χ2v) is 0. The second kappa shape index (κ2) is 228. The first-order chi connectivity index (χ1) is 4.00. The van der Waals surface area contributed by atoms with Crippen molar-refractivity contribution in [1.29, 1.82) is 0 Å². The average Bonchev–Trinajstić information content (AvgIpc) is 2.03. The number of alkyl halides is 4. The van der Waals surface area contributed by atoms with Gasteiger partial charge in [-0.2, -0.15) is 0 Å². The predicted molar refractivity (Wildman–Crippen MR) is 53.6 cm³/mol. The monoisotopic (exact) mass is 320 g/mol. The van der Waals surface area contributed by atoms with E-state index in [4.69, 9.17) is 0 Å². The first-order valence-corrected chi connectivity index (χ1v) is 6.01. The summed E-state index contributed by atoms with van der Waals surface area (Å²) in [6, 6.07) is 0. The predicted octanol–water partition coefficient (Wildman–Crippen LogP) is 3.50. The molecular formula is C4H12BrClFI. The standard InChI is InChI=1S/CH3Br.CH3Cl.CH3F.CH3I/c4*1-2/h4*1H3. The minimum atomic E-state index is 0.500. The molecule has 0 radical (unpaired) electrons. The van der Waals surface area contributed by atoms with Crippen LogP contribution in [0.15, 0.2) is 0 Å². The van der Waals surface area contributed by atoms with Gasteiger partial charge in [0.05, 0.1) is 7.18 Å². The number of halogens is 4. The van der Waals surface area contributed by atoms with E-state index in [0.717, 1.165) is 0 Å². The van der Waals surface area contributed by atoms with E-state index in [-0.39, 0.29) is 0 Å². The molecule has 0 aliphatic carbocycles. The van der Waals surface area contributed by atoms with E-state index < -0.39 is 0 Å². The summed E-state index contributed by atoms with van der Waals surface area (Å²) < 4.78 is 9.50. The van der Waals surface area contributed by atoms with Crippen LogP contribution in [0, 0.1) is 0 Å². The van der Waals surface area contributed by atoms with Gasteiger partial charge in [-0.1, -0.05) is 38.5 Å². The van der Waals surface area contributed by atoms with Gasteiger partial charge in [0.25, 0.3) is 0 Å². The summed E-state index contributed by atoms with van der Waals surface area (Å²) in [5, 5.41) is 0. The fourth-order valence-electron chi connectivity index (χ4n) is 0. The molecule has 0 atom stereocenters. The van der Waals surface area contributed by atoms with Crippen molar-refractivity contribution >= 4 is 50.1 Å². The summed E-state index contributed by atoms with van der Waals surface area (Å²) in [6.45, 7) is 0. The summed E-state index contributed by atoms with van der Waals surface area (Å²) in [7, 11) is 0.500. The van der Waals surface area contributed by atoms with E-state index in [2.05, 4.69) is 50.1 Å². The number of hydrogen-bond donors (Lipinski definition) is 0. The van der Waals surface area contributed by atoms with E-state index >= 15 is 0 Å². The third-order valence-corrected chi connectivity index (χ3v) is 0. The molecule has 0 heterocycles. The number of hydrogen-bond acceptors (Lipinski definition) is 0. The second-order valence-electron chi connectivity index (χ2n) is 0. The Morgan fingerprint density at radius 3 is 1.12 bits per heavy atom. The zero-order valence-electron chi connectivity index (χ0n) is 5.51. The van der Waals surface area contributed by atoms with Gasteiger partial charge >= 0.3 is 0 Å². The van der Waals surface area contributed by atoms with E-state index in [0.29, 0.717) is 7.18 Å². The third-order valence-electron chi connectivity index (χ3n) is 0. The van der Waals surface area contributed by atoms with Crippen molar-refractivity contribution in [3.8, 4) is 0 Å². The van der Waals surface area contributed by atoms with Gasteiger partial charge in [-0.05, 0) is 10.8 Å². The van der Waals surface area contributed by atoms with Crippen LogP contribution in [0.5, 0.6) is 0 Å². The Labute approximate surface area is 78.4 Å². The zero-order valence-corrected chi connectivity index (χ0v) is 10.0. The number of rotatable bonds is 0. The van der Waals surface area contributed by atoms with E-state index in [1.54, 1.807) is 0 Å². The highest BCUT2D eigenvalue weighted by Crippen LogP contribution is 1.48. The molecule has 0 amide bonds. The molecule has 0 fully saturated rings. The van der Waals surface area contributed by atoms with Crippen LogP contribution in [0.1, 0.15) is 0 Å². The molecule has 8 heavy (non-hydrogen) atoms. The first-order valence-electron chi connectivity index (χ1n) is 1.51. The molecule has 0 unspecified atom stereocenters. The molecule has 0 nitrogen and oxygen atoms in total. The molecule has 0 rings (SSSR count). The van der Waals surface area contributed by atoms with Crippen molar-refractivity contribution in [2.45, 2.75) is 0 Å². The summed E-state index contributed by atoms with van der Waals surface area (Å²) in [5.41, 5.74) is 0. The zero-order chi connectivity index (χ0) is 8.00. The molecule has 0 aromatic rings. The van der Waals surface area contributed by atoms with Crippen LogP contribution in [-0.4, -0.2) is 24.3 Å². The van der Waals surface area contributed by atoms with E-state index in [9.17, 15) is 4.39 Å². The summed E-state index contributed by atoms with van der Waals surface area (Å²) in [4.78, 5) is 1.97. The van der Waals surface area contributed by atoms with Crippen LogP contribution in [0.4, 0.5) is 4.39 Å². The van der Waals surface area contributed by atoms with Crippen molar-refractivity contribution in [3.05, 3.63) is 0 Å². The van der Waals surface area contributed by atoms with Crippen molar-refractivity contribution < 1.29 is 4.39 Å². The Morgan fingerprint density at radius 1 is 1.12 bits per heavy atom. The smallest absolute Gasteiger partial charge is 0.0785 e. The minimum absolute atomic E-state index is 0.500. The van der Waals surface area contributed by atoms with Crippen LogP contribution in [0.2, 0.25) is 0 Å². The summed E-state index contributed by atoms with van der Waals surface area (Å²) in [6.07, 6.45) is 1.47. The summed E-state index contributed by atoms with van der Waals surface area (Å²) in [5.74, 6) is 1.81. The Hall–Kier alpha value is 1.43. The lowest BCUT2D eigenvalue weighted by molar-refractivity contribution is 0.636. The highest BCUT2D eigenvalue weighted by Gasteiger charge is 0.952. The van der Waals surface area contributed by atoms with Crippen LogP contribution in [-0.2, 0) is 0 Å². The maximum Gasteiger partial charge on any atom is 0.0785 e. The highest BCUT2D eigenvalue weighted by atomic mass is 127. The van der Waals surface area contributed by atoms with Crippen molar-refractivity contribution in [3.63, 3.8) is 0 Å². The maximum absolute atomic E-state index is 9.50. The van der Waals surface area contributed by atoms with Crippen LogP contribution in [0.25, 0.3) is 0 Å². The van der Waals surface area contributed by atoms with Crippen LogP contribution in [0.3, 0.4) is 0 Å². The fraction of sp³-hybridized carbons (Fsp3) is 1.00. The normalized spacial score (nSPS) is 3.00. The fourth-order valence-corrected chi connectivity index (χ4v) is 0. The molecule has 0 N–H and O–H groups in total. The molecule has 0 bridgehead atoms. The molecule has 4 heteroatoms. The van der Waals surface area contributed by atoms with Gasteiger partial charge < -0.3 is 0 Å². The Morgan fingerprint density at radius 2 is 1.12 bits per heavy atom. The molecule has 0 aliphatic heterocycles. The topological polar surface area (TPSA) is 0 Å². The molecule has 0 aromatic heterocycles. The highest BCUT2D eigenvalue weighted by molar-refractivity contribution is 14.1. The Kier molecular flexibility index (Phi) is 647. The van der Waals surface area contributed by atoms with Gasteiger partial charge in [0, 0.05) is 6.38 Å². The molecule has 0 aromatic carbocycles. The van der Waals surface area contributed by atoms with Crippen LogP contribution < -0.4 is 0 Å².